The van der Waals surface area contributed by atoms with Crippen molar-refractivity contribution in [1.29, 1.82) is 5.26 Å². The van der Waals surface area contributed by atoms with Gasteiger partial charge < -0.3 is 19.5 Å². The van der Waals surface area contributed by atoms with Crippen LogP contribution in [-0.2, 0) is 9.53 Å². The Bertz CT molecular complexity index is 785. The molecule has 0 aliphatic rings. The molecule has 0 aromatic heterocycles. The summed E-state index contributed by atoms with van der Waals surface area (Å²) in [5, 5.41) is 22.9. The molecule has 10 nitrogen and oxygen atoms in total. The first-order valence-electron chi connectivity index (χ1n) is 7.89. The van der Waals surface area contributed by atoms with Crippen LogP contribution >= 0.6 is 0 Å². The average Bonchev–Trinajstić information content (AvgIpc) is 2.64. The summed E-state index contributed by atoms with van der Waals surface area (Å²) in [4.78, 5) is 34.7. The average molecular weight is 379 g/mol. The number of esters is 1. The van der Waals surface area contributed by atoms with Gasteiger partial charge in [0.15, 0.2) is 18.1 Å². The third-order valence-corrected chi connectivity index (χ3v) is 4.04. The predicted molar refractivity (Wildman–Crippen MR) is 93.5 cm³/mol. The summed E-state index contributed by atoms with van der Waals surface area (Å²) in [5.74, 6) is -1.81. The van der Waals surface area contributed by atoms with Gasteiger partial charge in [0.05, 0.1) is 31.3 Å². The number of ether oxygens (including phenoxy) is 3. The van der Waals surface area contributed by atoms with Crippen molar-refractivity contribution in [3.05, 3.63) is 27.8 Å². The first-order chi connectivity index (χ1) is 12.6. The van der Waals surface area contributed by atoms with E-state index in [1.165, 1.54) is 21.1 Å². The molecular formula is C17H21N3O7. The van der Waals surface area contributed by atoms with Gasteiger partial charge in [-0.15, -0.1) is 0 Å². The molecule has 1 aromatic carbocycles. The lowest BCUT2D eigenvalue weighted by Gasteiger charge is -2.27. The van der Waals surface area contributed by atoms with E-state index in [4.69, 9.17) is 14.2 Å². The molecule has 0 spiro atoms. The highest BCUT2D eigenvalue weighted by Gasteiger charge is 2.31. The van der Waals surface area contributed by atoms with Crippen LogP contribution in [0.4, 0.5) is 5.69 Å². The molecule has 146 valence electrons. The fourth-order valence-electron chi connectivity index (χ4n) is 2.02. The van der Waals surface area contributed by atoms with Crippen LogP contribution in [0.1, 0.15) is 31.1 Å². The zero-order chi connectivity index (χ0) is 20.8. The van der Waals surface area contributed by atoms with E-state index in [9.17, 15) is 25.0 Å². The smallest absolute Gasteiger partial charge is 0.345 e. The number of hydrogen-bond acceptors (Lipinski definition) is 8. The van der Waals surface area contributed by atoms with Crippen molar-refractivity contribution in [2.45, 2.75) is 26.3 Å². The number of methoxy groups -OCH3 is 2. The Morgan fingerprint density at radius 3 is 2.30 bits per heavy atom. The quantitative estimate of drug-likeness (QED) is 0.410. The van der Waals surface area contributed by atoms with Gasteiger partial charge in [-0.1, -0.05) is 13.8 Å². The maximum atomic E-state index is 12.2. The van der Waals surface area contributed by atoms with Crippen LogP contribution in [0.3, 0.4) is 0 Å². The second-order valence-electron chi connectivity index (χ2n) is 6.07. The molecule has 27 heavy (non-hydrogen) atoms. The first-order valence-corrected chi connectivity index (χ1v) is 7.89. The summed E-state index contributed by atoms with van der Waals surface area (Å²) in [7, 11) is 2.60. The summed E-state index contributed by atoms with van der Waals surface area (Å²) in [6.07, 6.45) is 0. The summed E-state index contributed by atoms with van der Waals surface area (Å²) in [6, 6.07) is 4.12. The normalized spacial score (nSPS) is 12.5. The van der Waals surface area contributed by atoms with E-state index < -0.39 is 40.2 Å². The number of nitriles is 1. The largest absolute Gasteiger partial charge is 0.493 e. The molecule has 1 amide bonds. The van der Waals surface area contributed by atoms with Crippen LogP contribution in [-0.4, -0.2) is 43.2 Å². The number of carbonyl (C=O) groups excluding carboxylic acids is 2. The second-order valence-corrected chi connectivity index (χ2v) is 6.07. The minimum absolute atomic E-state index is 0.0696. The minimum Gasteiger partial charge on any atom is -0.493 e. The minimum atomic E-state index is -1.14. The molecule has 0 aliphatic carbocycles. The molecule has 1 aromatic rings. The summed E-state index contributed by atoms with van der Waals surface area (Å²) >= 11 is 0. The molecule has 1 rings (SSSR count). The molecule has 0 saturated carbocycles. The van der Waals surface area contributed by atoms with Gasteiger partial charge in [0.25, 0.3) is 11.6 Å². The molecule has 10 heteroatoms. The molecule has 0 saturated heterocycles. The first kappa shape index (κ1) is 21.7. The predicted octanol–water partition coefficient (Wildman–Crippen LogP) is 1.82. The summed E-state index contributed by atoms with van der Waals surface area (Å²) < 4.78 is 14.9. The maximum absolute atomic E-state index is 12.2. The Hall–Kier alpha value is -3.35. The number of rotatable bonds is 8. The molecule has 0 heterocycles. The van der Waals surface area contributed by atoms with E-state index >= 15 is 0 Å². The Morgan fingerprint density at radius 1 is 1.30 bits per heavy atom. The van der Waals surface area contributed by atoms with Crippen molar-refractivity contribution in [2.24, 2.45) is 5.92 Å². The summed E-state index contributed by atoms with van der Waals surface area (Å²) in [6.45, 7) is 4.34. The van der Waals surface area contributed by atoms with E-state index in [0.717, 1.165) is 12.1 Å². The zero-order valence-corrected chi connectivity index (χ0v) is 15.7. The number of nitro benzene ring substituents is 1. The van der Waals surface area contributed by atoms with E-state index in [1.807, 2.05) is 6.07 Å². The van der Waals surface area contributed by atoms with E-state index in [-0.39, 0.29) is 17.4 Å². The van der Waals surface area contributed by atoms with Gasteiger partial charge in [-0.3, -0.25) is 14.9 Å². The van der Waals surface area contributed by atoms with Crippen LogP contribution in [0.2, 0.25) is 0 Å². The number of benzene rings is 1. The van der Waals surface area contributed by atoms with Crippen molar-refractivity contribution >= 4 is 17.6 Å². The van der Waals surface area contributed by atoms with Crippen LogP contribution < -0.4 is 14.8 Å². The fourth-order valence-corrected chi connectivity index (χ4v) is 2.02. The van der Waals surface area contributed by atoms with Crippen LogP contribution in [0.25, 0.3) is 0 Å². The summed E-state index contributed by atoms with van der Waals surface area (Å²) in [5.41, 5.74) is -2.09. The Morgan fingerprint density at radius 2 is 1.85 bits per heavy atom. The molecule has 0 radical (unpaired) electrons. The lowest BCUT2D eigenvalue weighted by molar-refractivity contribution is -0.385. The number of nitrogens with one attached hydrogen (secondary N) is 1. The van der Waals surface area contributed by atoms with Crippen LogP contribution in [0.5, 0.6) is 11.5 Å². The molecule has 0 unspecified atom stereocenters. The molecule has 0 bridgehead atoms. The van der Waals surface area contributed by atoms with Gasteiger partial charge >= 0.3 is 5.97 Å². The standard InChI is InChI=1S/C17H21N3O7/c1-10(2)17(3,9-18)19-15(21)8-27-16(22)11-6-13(25-4)14(26-5)7-12(11)20(23)24/h6-7,10H,8H2,1-5H3,(H,19,21)/t17-/m1/s1. The number of nitro groups is 1. The van der Waals surface area contributed by atoms with Gasteiger partial charge in [-0.25, -0.2) is 4.79 Å². The van der Waals surface area contributed by atoms with E-state index in [0.29, 0.717) is 0 Å². The molecule has 0 fully saturated rings. The molecule has 1 atom stereocenters. The van der Waals surface area contributed by atoms with Gasteiger partial charge in [-0.2, -0.15) is 5.26 Å². The Balaban J connectivity index is 2.99. The Kier molecular flexibility index (Phi) is 7.10. The lowest BCUT2D eigenvalue weighted by atomic mass is 9.90. The van der Waals surface area contributed by atoms with E-state index in [1.54, 1.807) is 13.8 Å². The Labute approximate surface area is 156 Å². The van der Waals surface area contributed by atoms with Crippen molar-refractivity contribution < 1.29 is 28.7 Å². The van der Waals surface area contributed by atoms with Crippen LogP contribution in [0, 0.1) is 27.4 Å². The van der Waals surface area contributed by atoms with Crippen molar-refractivity contribution in [3.8, 4) is 17.6 Å². The molecule has 1 N–H and O–H groups in total. The zero-order valence-electron chi connectivity index (χ0n) is 15.7. The van der Waals surface area contributed by atoms with Gasteiger partial charge in [0, 0.05) is 6.07 Å². The number of nitrogens with zero attached hydrogens (tertiary/aromatic N) is 2. The third-order valence-electron chi connectivity index (χ3n) is 4.04. The van der Waals surface area contributed by atoms with Gasteiger partial charge in [-0.05, 0) is 12.8 Å². The maximum Gasteiger partial charge on any atom is 0.345 e. The molecule has 0 aliphatic heterocycles. The fraction of sp³-hybridized carbons (Fsp3) is 0.471. The monoisotopic (exact) mass is 379 g/mol. The van der Waals surface area contributed by atoms with Gasteiger partial charge in [0.1, 0.15) is 11.1 Å². The second kappa shape index (κ2) is 8.84. The number of carbonyl (C=O) groups is 2. The number of hydrogen-bond donors (Lipinski definition) is 1. The highest BCUT2D eigenvalue weighted by molar-refractivity contribution is 5.96. The highest BCUT2D eigenvalue weighted by Crippen LogP contribution is 2.34. The van der Waals surface area contributed by atoms with Crippen molar-refractivity contribution in [2.75, 3.05) is 20.8 Å². The number of amides is 1. The SMILES string of the molecule is COc1cc(C(=O)OCC(=O)N[C@](C)(C#N)C(C)C)c([N+](=O)[O-])cc1OC. The van der Waals surface area contributed by atoms with Crippen molar-refractivity contribution in [1.82, 2.24) is 5.32 Å². The topological polar surface area (TPSA) is 141 Å². The van der Waals surface area contributed by atoms with Crippen molar-refractivity contribution in [3.63, 3.8) is 0 Å². The van der Waals surface area contributed by atoms with E-state index in [2.05, 4.69) is 5.32 Å². The third kappa shape index (κ3) is 5.07. The van der Waals surface area contributed by atoms with Gasteiger partial charge in [0.2, 0.25) is 0 Å². The lowest BCUT2D eigenvalue weighted by Crippen LogP contribution is -2.50. The molecular weight excluding hydrogens is 358 g/mol. The highest BCUT2D eigenvalue weighted by atomic mass is 16.6. The van der Waals surface area contributed by atoms with Crippen LogP contribution in [0.15, 0.2) is 12.1 Å².